The SMILES string of the molecule is CS[N+]1(CCF)CCCCC1. The van der Waals surface area contributed by atoms with E-state index in [1.807, 2.05) is 11.9 Å². The van der Waals surface area contributed by atoms with Crippen LogP contribution in [0.25, 0.3) is 0 Å². The zero-order chi connectivity index (χ0) is 8.16. The van der Waals surface area contributed by atoms with Gasteiger partial charge >= 0.3 is 0 Å². The fourth-order valence-corrected chi connectivity index (χ4v) is 2.61. The molecule has 0 aromatic carbocycles. The molecule has 1 aliphatic rings. The van der Waals surface area contributed by atoms with Gasteiger partial charge in [-0.25, -0.2) is 4.39 Å². The van der Waals surface area contributed by atoms with E-state index >= 15 is 0 Å². The number of halogens is 1. The lowest BCUT2D eigenvalue weighted by Crippen LogP contribution is -2.46. The van der Waals surface area contributed by atoms with Crippen molar-refractivity contribution in [1.29, 1.82) is 0 Å². The Balaban J connectivity index is 2.42. The number of quaternary nitrogens is 1. The Morgan fingerprint density at radius 2 is 1.91 bits per heavy atom. The van der Waals surface area contributed by atoms with Gasteiger partial charge in [0.15, 0.2) is 0 Å². The second kappa shape index (κ2) is 4.31. The smallest absolute Gasteiger partial charge is 0.139 e. The minimum absolute atomic E-state index is 0.166. The van der Waals surface area contributed by atoms with Gasteiger partial charge < -0.3 is 0 Å². The summed E-state index contributed by atoms with van der Waals surface area (Å²) in [6.45, 7) is 2.89. The molecule has 0 radical (unpaired) electrons. The topological polar surface area (TPSA) is 0 Å². The van der Waals surface area contributed by atoms with Crippen molar-refractivity contribution < 1.29 is 8.28 Å². The van der Waals surface area contributed by atoms with Gasteiger partial charge in [0.05, 0.1) is 25.0 Å². The van der Waals surface area contributed by atoms with E-state index < -0.39 is 0 Å². The minimum Gasteiger partial charge on any atom is -0.260 e. The normalized spacial score (nSPS) is 23.5. The highest BCUT2D eigenvalue weighted by molar-refractivity contribution is 7.93. The van der Waals surface area contributed by atoms with Crippen LogP contribution in [0, 0.1) is 0 Å². The van der Waals surface area contributed by atoms with Crippen molar-refractivity contribution in [1.82, 2.24) is 0 Å². The first kappa shape index (κ1) is 9.33. The molecule has 66 valence electrons. The third-order valence-corrected chi connectivity index (χ3v) is 3.83. The number of rotatable bonds is 3. The third-order valence-electron chi connectivity index (χ3n) is 2.51. The highest BCUT2D eigenvalue weighted by atomic mass is 32.2. The van der Waals surface area contributed by atoms with Crippen LogP contribution in [-0.4, -0.2) is 36.5 Å². The minimum atomic E-state index is -0.166. The predicted molar refractivity (Wildman–Crippen MR) is 48.2 cm³/mol. The molecule has 11 heavy (non-hydrogen) atoms. The van der Waals surface area contributed by atoms with Crippen LogP contribution >= 0.6 is 11.9 Å². The summed E-state index contributed by atoms with van der Waals surface area (Å²) in [4.78, 5) is 0. The first-order chi connectivity index (χ1) is 5.33. The molecule has 0 unspecified atom stereocenters. The molecule has 0 aromatic rings. The zero-order valence-corrected chi connectivity index (χ0v) is 8.00. The molecule has 0 atom stereocenters. The number of likely N-dealkylation sites (tertiary alicyclic amines) is 1. The van der Waals surface area contributed by atoms with Crippen molar-refractivity contribution in [3.05, 3.63) is 0 Å². The highest BCUT2D eigenvalue weighted by Gasteiger charge is 2.29. The van der Waals surface area contributed by atoms with Gasteiger partial charge in [0.2, 0.25) is 0 Å². The van der Waals surface area contributed by atoms with E-state index in [4.69, 9.17) is 0 Å². The maximum Gasteiger partial charge on any atom is 0.139 e. The van der Waals surface area contributed by atoms with Gasteiger partial charge in [-0.05, 0) is 19.3 Å². The number of piperidine rings is 1. The maximum absolute atomic E-state index is 12.2. The molecule has 1 heterocycles. The number of alkyl halides is 1. The predicted octanol–water partition coefficient (Wildman–Crippen LogP) is 2.23. The largest absolute Gasteiger partial charge is 0.260 e. The van der Waals surface area contributed by atoms with Crippen LogP contribution in [0.3, 0.4) is 0 Å². The van der Waals surface area contributed by atoms with Gasteiger partial charge in [-0.2, -0.15) is 0 Å². The summed E-state index contributed by atoms with van der Waals surface area (Å²) in [6.07, 6.45) is 6.00. The highest BCUT2D eigenvalue weighted by Crippen LogP contribution is 2.26. The molecule has 1 aliphatic heterocycles. The van der Waals surface area contributed by atoms with Gasteiger partial charge in [-0.3, -0.25) is 3.89 Å². The van der Waals surface area contributed by atoms with E-state index in [2.05, 4.69) is 6.26 Å². The Kier molecular flexibility index (Phi) is 3.66. The van der Waals surface area contributed by atoms with Crippen LogP contribution in [0.5, 0.6) is 0 Å². The fourth-order valence-electron chi connectivity index (χ4n) is 1.74. The first-order valence-electron chi connectivity index (χ1n) is 4.31. The molecule has 1 fully saturated rings. The van der Waals surface area contributed by atoms with Crippen LogP contribution in [-0.2, 0) is 0 Å². The van der Waals surface area contributed by atoms with E-state index in [0.717, 1.165) is 3.89 Å². The summed E-state index contributed by atoms with van der Waals surface area (Å²) in [6, 6.07) is 0. The van der Waals surface area contributed by atoms with Gasteiger partial charge in [0.1, 0.15) is 13.2 Å². The summed E-state index contributed by atoms with van der Waals surface area (Å²) in [5, 5.41) is 0. The molecular weight excluding hydrogens is 161 g/mol. The second-order valence-electron chi connectivity index (χ2n) is 3.16. The van der Waals surface area contributed by atoms with E-state index in [1.165, 1.54) is 32.4 Å². The van der Waals surface area contributed by atoms with Crippen molar-refractivity contribution in [2.75, 3.05) is 32.6 Å². The van der Waals surface area contributed by atoms with Crippen molar-refractivity contribution >= 4 is 11.9 Å². The number of hydrogen-bond donors (Lipinski definition) is 0. The van der Waals surface area contributed by atoms with E-state index in [-0.39, 0.29) is 6.67 Å². The molecule has 1 saturated heterocycles. The van der Waals surface area contributed by atoms with Gasteiger partial charge in [0.25, 0.3) is 0 Å². The molecular formula is C8H17FNS+. The molecule has 1 rings (SSSR count). The Bertz CT molecular complexity index is 107. The van der Waals surface area contributed by atoms with Crippen molar-refractivity contribution in [2.24, 2.45) is 0 Å². The van der Waals surface area contributed by atoms with Crippen LogP contribution in [0.1, 0.15) is 19.3 Å². The van der Waals surface area contributed by atoms with Gasteiger partial charge in [0, 0.05) is 6.26 Å². The lowest BCUT2D eigenvalue weighted by molar-refractivity contribution is -0.800. The standard InChI is InChI=1S/C8H17FNS/c1-11-10(8-5-9)6-3-2-4-7-10/h2-8H2,1H3/q+1. The molecule has 0 amide bonds. The Morgan fingerprint density at radius 1 is 1.27 bits per heavy atom. The lowest BCUT2D eigenvalue weighted by atomic mass is 10.1. The first-order valence-corrected chi connectivity index (χ1v) is 5.49. The second-order valence-corrected chi connectivity index (χ2v) is 4.30. The van der Waals surface area contributed by atoms with Crippen LogP contribution in [0.15, 0.2) is 0 Å². The number of nitrogens with zero attached hydrogens (tertiary/aromatic N) is 1. The maximum atomic E-state index is 12.2. The zero-order valence-electron chi connectivity index (χ0n) is 7.18. The number of hydrogen-bond acceptors (Lipinski definition) is 1. The van der Waals surface area contributed by atoms with Crippen molar-refractivity contribution in [3.63, 3.8) is 0 Å². The Hall–Kier alpha value is 0.240. The quantitative estimate of drug-likeness (QED) is 0.472. The van der Waals surface area contributed by atoms with Crippen molar-refractivity contribution in [2.45, 2.75) is 19.3 Å². The van der Waals surface area contributed by atoms with Crippen molar-refractivity contribution in [3.8, 4) is 0 Å². The van der Waals surface area contributed by atoms with Crippen LogP contribution in [0.2, 0.25) is 0 Å². The average Bonchev–Trinajstić information content (AvgIpc) is 2.07. The monoisotopic (exact) mass is 178 g/mol. The van der Waals surface area contributed by atoms with E-state index in [1.54, 1.807) is 0 Å². The van der Waals surface area contributed by atoms with Crippen LogP contribution in [0.4, 0.5) is 4.39 Å². The third kappa shape index (κ3) is 2.34. The average molecular weight is 178 g/mol. The van der Waals surface area contributed by atoms with E-state index in [9.17, 15) is 4.39 Å². The molecule has 0 spiro atoms. The molecule has 0 bridgehead atoms. The van der Waals surface area contributed by atoms with Gasteiger partial charge in [-0.1, -0.05) is 0 Å². The summed E-state index contributed by atoms with van der Waals surface area (Å²) in [5.41, 5.74) is 0. The summed E-state index contributed by atoms with van der Waals surface area (Å²) in [7, 11) is 0. The Morgan fingerprint density at radius 3 is 2.36 bits per heavy atom. The molecule has 1 nitrogen and oxygen atoms in total. The molecule has 0 N–H and O–H groups in total. The molecule has 0 saturated carbocycles. The summed E-state index contributed by atoms with van der Waals surface area (Å²) >= 11 is 1.82. The van der Waals surface area contributed by atoms with Crippen LogP contribution < -0.4 is 0 Å². The fraction of sp³-hybridized carbons (Fsp3) is 1.00. The molecule has 0 aromatic heterocycles. The summed E-state index contributed by atoms with van der Waals surface area (Å²) in [5.74, 6) is 0. The summed E-state index contributed by atoms with van der Waals surface area (Å²) < 4.78 is 13.1. The Labute approximate surface area is 72.7 Å². The van der Waals surface area contributed by atoms with Gasteiger partial charge in [-0.15, -0.1) is 0 Å². The lowest BCUT2D eigenvalue weighted by Gasteiger charge is -2.37. The van der Waals surface area contributed by atoms with E-state index in [0.29, 0.717) is 6.54 Å². The molecule has 0 aliphatic carbocycles. The molecule has 3 heteroatoms.